The van der Waals surface area contributed by atoms with Crippen LogP contribution in [0.5, 0.6) is 0 Å². The van der Waals surface area contributed by atoms with E-state index in [1.54, 1.807) is 31.7 Å². The van der Waals surface area contributed by atoms with E-state index in [0.717, 1.165) is 38.9 Å². The minimum Gasteiger partial charge on any atom is -0.481 e. The third-order valence-corrected chi connectivity index (χ3v) is 16.5. The first-order chi connectivity index (χ1) is 36.9. The molecule has 76 heavy (non-hydrogen) atoms. The number of rotatable bonds is 27. The minimum atomic E-state index is -1.42. The summed E-state index contributed by atoms with van der Waals surface area (Å²) in [5.74, 6) is -2.75. The highest BCUT2D eigenvalue weighted by molar-refractivity contribution is 8.00. The van der Waals surface area contributed by atoms with Gasteiger partial charge in [0.1, 0.15) is 12.1 Å². The number of aliphatic hydroxyl groups is 2. The fourth-order valence-electron chi connectivity index (χ4n) is 9.58. The Morgan fingerprint density at radius 2 is 0.882 bits per heavy atom. The van der Waals surface area contributed by atoms with Gasteiger partial charge in [-0.25, -0.2) is 0 Å². The van der Waals surface area contributed by atoms with Gasteiger partial charge < -0.3 is 31.3 Å². The van der Waals surface area contributed by atoms with Crippen molar-refractivity contribution in [2.24, 2.45) is 5.92 Å². The van der Waals surface area contributed by atoms with Crippen molar-refractivity contribution in [1.82, 2.24) is 16.0 Å². The zero-order valence-electron chi connectivity index (χ0n) is 42.9. The minimum absolute atomic E-state index is 0.00700. The summed E-state index contributed by atoms with van der Waals surface area (Å²) >= 11 is 3.25. The van der Waals surface area contributed by atoms with Crippen LogP contribution in [0.15, 0.2) is 224 Å². The van der Waals surface area contributed by atoms with E-state index in [1.807, 2.05) is 146 Å². The molecule has 0 fully saturated rings. The Balaban J connectivity index is 1.12. The number of hydrogen-bond donors (Lipinski definition) is 6. The Labute approximate surface area is 455 Å². The van der Waals surface area contributed by atoms with Crippen molar-refractivity contribution in [1.29, 1.82) is 0 Å². The highest BCUT2D eigenvalue weighted by Crippen LogP contribution is 2.50. The van der Waals surface area contributed by atoms with Gasteiger partial charge in [0.05, 0.1) is 40.6 Å². The van der Waals surface area contributed by atoms with Gasteiger partial charge in [0.15, 0.2) is 0 Å². The predicted octanol–water partition coefficient (Wildman–Crippen LogP) is 10.3. The molecule has 0 spiro atoms. The molecule has 0 unspecified atom stereocenters. The van der Waals surface area contributed by atoms with Crippen LogP contribution in [-0.2, 0) is 35.1 Å². The summed E-state index contributed by atoms with van der Waals surface area (Å²) < 4.78 is -1.39. The molecule has 0 aliphatic rings. The van der Waals surface area contributed by atoms with Crippen LogP contribution in [0.25, 0.3) is 0 Å². The highest BCUT2D eigenvalue weighted by atomic mass is 32.2. The molecule has 0 aromatic heterocycles. The van der Waals surface area contributed by atoms with Crippen molar-refractivity contribution in [2.45, 2.75) is 79.4 Å². The Morgan fingerprint density at radius 1 is 0.500 bits per heavy atom. The van der Waals surface area contributed by atoms with Crippen molar-refractivity contribution < 1.29 is 34.5 Å². The third-order valence-electron chi connectivity index (χ3n) is 13.3. The van der Waals surface area contributed by atoms with Crippen LogP contribution in [0, 0.1) is 5.92 Å². The molecule has 10 nitrogen and oxygen atoms in total. The number of carbonyl (C=O) groups is 4. The molecule has 7 aromatic rings. The number of nitrogens with one attached hydrogen (secondary N) is 3. The van der Waals surface area contributed by atoms with E-state index >= 15 is 0 Å². The van der Waals surface area contributed by atoms with Crippen molar-refractivity contribution in [3.8, 4) is 0 Å². The maximum atomic E-state index is 14.8. The smallest absolute Gasteiger partial charge is 0.306 e. The molecular formula is C64H67N3O7S2. The number of carboxylic acids is 1. The summed E-state index contributed by atoms with van der Waals surface area (Å²) in [5, 5.41) is 40.7. The lowest BCUT2D eigenvalue weighted by atomic mass is 9.84. The van der Waals surface area contributed by atoms with Gasteiger partial charge in [-0.3, -0.25) is 19.2 Å². The number of hydrogen-bond acceptors (Lipinski definition) is 8. The Kier molecular flexibility index (Phi) is 20.9. The molecule has 0 bridgehead atoms. The number of allylic oxidation sites excluding steroid dienone is 1. The summed E-state index contributed by atoms with van der Waals surface area (Å²) in [6.07, 6.45) is 0.664. The second-order valence-electron chi connectivity index (χ2n) is 19.0. The molecule has 3 amide bonds. The normalized spacial score (nSPS) is 13.8. The number of amides is 3. The molecule has 6 N–H and O–H groups in total. The van der Waals surface area contributed by atoms with Crippen molar-refractivity contribution in [3.63, 3.8) is 0 Å². The zero-order chi connectivity index (χ0) is 53.8. The summed E-state index contributed by atoms with van der Waals surface area (Å²) in [5.41, 5.74) is 6.98. The van der Waals surface area contributed by atoms with Crippen molar-refractivity contribution in [3.05, 3.63) is 263 Å². The first-order valence-corrected chi connectivity index (χ1v) is 27.7. The standard InChI is InChI=1S/C64H67N3O7S2/c1-46(2)60(57(69)44-59(71)72)67-62(74)56(45-76-64(51-34-18-7-19-35-51,52-36-20-8-21-37-52)53-38-22-9-23-39-53)66-61(73)55(42-47-26-10-3-11-27-47)65-58(70)43-54(68)40-24-25-41-75-63(48-28-12-4-13-29-48,49-30-14-5-15-31-49)50-32-16-6-17-33-50/h3-24,26-40,46,54-57,60,68-69H,25,41-45H2,1-2H3,(H,65,70)(H,66,73)(H,67,74)(H,71,72)/t54-,55-,56-,57+,60-/m1/s1. The first-order valence-electron chi connectivity index (χ1n) is 25.7. The summed E-state index contributed by atoms with van der Waals surface area (Å²) in [6, 6.07) is 66.8. The maximum absolute atomic E-state index is 14.8. The van der Waals surface area contributed by atoms with Crippen LogP contribution < -0.4 is 16.0 Å². The molecule has 0 saturated carbocycles. The summed E-state index contributed by atoms with van der Waals surface area (Å²) in [4.78, 5) is 55.3. The van der Waals surface area contributed by atoms with Crippen LogP contribution in [0.3, 0.4) is 0 Å². The van der Waals surface area contributed by atoms with E-state index in [1.165, 1.54) is 11.8 Å². The van der Waals surface area contributed by atoms with Crippen LogP contribution in [0.2, 0.25) is 0 Å². The number of carbonyl (C=O) groups excluding carboxylic acids is 3. The van der Waals surface area contributed by atoms with Crippen LogP contribution >= 0.6 is 23.5 Å². The molecule has 5 atom stereocenters. The first kappa shape index (κ1) is 56.5. The number of aliphatic hydroxyl groups excluding tert-OH is 2. The van der Waals surface area contributed by atoms with Gasteiger partial charge in [-0.2, -0.15) is 0 Å². The molecule has 0 radical (unpaired) electrons. The fraction of sp³-hybridized carbons (Fsp3) is 0.250. The van der Waals surface area contributed by atoms with Crippen LogP contribution in [0.4, 0.5) is 0 Å². The second-order valence-corrected chi connectivity index (χ2v) is 21.6. The Hall–Kier alpha value is -7.22. The molecular weight excluding hydrogens is 987 g/mol. The average Bonchev–Trinajstić information content (AvgIpc) is 3.45. The van der Waals surface area contributed by atoms with Crippen molar-refractivity contribution in [2.75, 3.05) is 11.5 Å². The molecule has 7 rings (SSSR count). The quantitative estimate of drug-likeness (QED) is 0.0167. The van der Waals surface area contributed by atoms with Crippen LogP contribution in [0.1, 0.15) is 72.1 Å². The summed E-state index contributed by atoms with van der Waals surface area (Å²) in [6.45, 7) is 3.54. The lowest BCUT2D eigenvalue weighted by Crippen LogP contribution is -2.58. The maximum Gasteiger partial charge on any atom is 0.306 e. The third kappa shape index (κ3) is 14.8. The molecule has 0 heterocycles. The molecule has 0 aliphatic heterocycles. The number of benzene rings is 7. The Bertz CT molecular complexity index is 2730. The second kappa shape index (κ2) is 28.1. The van der Waals surface area contributed by atoms with Gasteiger partial charge in [-0.15, -0.1) is 23.5 Å². The van der Waals surface area contributed by atoms with E-state index in [2.05, 4.69) is 88.7 Å². The number of aliphatic carboxylic acids is 1. The fourth-order valence-corrected chi connectivity index (χ4v) is 12.6. The van der Waals surface area contributed by atoms with E-state index in [-0.39, 0.29) is 24.5 Å². The van der Waals surface area contributed by atoms with E-state index in [9.17, 15) is 34.5 Å². The number of carboxylic acid groups (broad SMARTS) is 1. The average molecular weight is 1050 g/mol. The largest absolute Gasteiger partial charge is 0.481 e. The zero-order valence-corrected chi connectivity index (χ0v) is 44.5. The van der Waals surface area contributed by atoms with E-state index in [0.29, 0.717) is 12.2 Å². The summed E-state index contributed by atoms with van der Waals surface area (Å²) in [7, 11) is 0. The topological polar surface area (TPSA) is 165 Å². The van der Waals surface area contributed by atoms with Gasteiger partial charge in [0.2, 0.25) is 17.7 Å². The SMILES string of the molecule is CC(C)[C@@H](NC(=O)[C@@H](CSC(c1ccccc1)(c1ccccc1)c1ccccc1)NC(=O)[C@@H](Cc1ccccc1)NC(=O)C[C@H](O)C=CCCSC(c1ccccc1)(c1ccccc1)c1ccccc1)[C@@H](O)CC(=O)O. The lowest BCUT2D eigenvalue weighted by molar-refractivity contribution is -0.140. The van der Waals surface area contributed by atoms with Gasteiger partial charge in [-0.1, -0.05) is 238 Å². The monoisotopic (exact) mass is 1050 g/mol. The number of thioether (sulfide) groups is 2. The Morgan fingerprint density at radius 3 is 1.28 bits per heavy atom. The van der Waals surface area contributed by atoms with Gasteiger partial charge in [0.25, 0.3) is 0 Å². The predicted molar refractivity (Wildman–Crippen MR) is 307 cm³/mol. The molecule has 0 aliphatic carbocycles. The van der Waals surface area contributed by atoms with E-state index < -0.39 is 69.9 Å². The van der Waals surface area contributed by atoms with Crippen molar-refractivity contribution >= 4 is 47.2 Å². The highest BCUT2D eigenvalue weighted by Gasteiger charge is 2.40. The molecule has 392 valence electrons. The van der Waals surface area contributed by atoms with Gasteiger partial charge in [-0.05, 0) is 57.0 Å². The lowest BCUT2D eigenvalue weighted by Gasteiger charge is -2.37. The van der Waals surface area contributed by atoms with Crippen LogP contribution in [-0.4, -0.2) is 80.8 Å². The molecule has 7 aromatic carbocycles. The molecule has 0 saturated heterocycles. The molecule has 12 heteroatoms. The van der Waals surface area contributed by atoms with Gasteiger partial charge in [0, 0.05) is 12.2 Å². The van der Waals surface area contributed by atoms with E-state index in [4.69, 9.17) is 0 Å². The van der Waals surface area contributed by atoms with Gasteiger partial charge >= 0.3 is 5.97 Å².